The third-order valence-electron chi connectivity index (χ3n) is 6.29. The summed E-state index contributed by atoms with van der Waals surface area (Å²) in [7, 11) is 0. The Morgan fingerprint density at radius 2 is 1.60 bits per heavy atom. The van der Waals surface area contributed by atoms with Gasteiger partial charge in [0.05, 0.1) is 17.0 Å². The highest BCUT2D eigenvalue weighted by Gasteiger charge is 2.33. The molecule has 0 fully saturated rings. The number of rotatable bonds is 15. The predicted octanol–water partition coefficient (Wildman–Crippen LogP) is 0.949. The first-order chi connectivity index (χ1) is 20.2. The van der Waals surface area contributed by atoms with E-state index >= 15 is 0 Å². The van der Waals surface area contributed by atoms with Crippen LogP contribution in [0.3, 0.4) is 0 Å². The molecule has 0 aromatic heterocycles. The van der Waals surface area contributed by atoms with Crippen LogP contribution in [0.25, 0.3) is 0 Å². The van der Waals surface area contributed by atoms with Gasteiger partial charge in [0.2, 0.25) is 11.8 Å². The molecule has 7 N–H and O–H groups in total. The van der Waals surface area contributed by atoms with Crippen molar-refractivity contribution in [3.05, 3.63) is 69.8 Å². The highest BCUT2D eigenvalue weighted by atomic mass is 16.6. The molecule has 15 nitrogen and oxygen atoms in total. The summed E-state index contributed by atoms with van der Waals surface area (Å²) in [5.41, 5.74) is 9.40. The lowest BCUT2D eigenvalue weighted by atomic mass is 10.0. The molecular weight excluding hydrogens is 562 g/mol. The molecule has 0 saturated carbocycles. The smallest absolute Gasteiger partial charge is 0.327 e. The van der Waals surface area contributed by atoms with Gasteiger partial charge in [0.1, 0.15) is 18.1 Å². The number of carbonyl (C=O) groups excluding carboxylic acids is 4. The molecule has 2 aromatic rings. The Hall–Kier alpha value is -5.05. The maximum Gasteiger partial charge on any atom is 0.327 e. The molecule has 0 heterocycles. The van der Waals surface area contributed by atoms with Gasteiger partial charge in [0.25, 0.3) is 17.5 Å². The van der Waals surface area contributed by atoms with Gasteiger partial charge in [-0.3, -0.25) is 34.3 Å². The number of carboxylic acids is 1. The van der Waals surface area contributed by atoms with Gasteiger partial charge >= 0.3 is 5.97 Å². The average Bonchev–Trinajstić information content (AvgIpc) is 2.95. The molecular formula is C28H37N7O8. The van der Waals surface area contributed by atoms with Crippen molar-refractivity contribution in [2.24, 2.45) is 5.92 Å². The summed E-state index contributed by atoms with van der Waals surface area (Å²) in [6.07, 6.45) is 0.158. The number of nitrogens with two attached hydrogens (primary N) is 1. The number of anilines is 1. The maximum atomic E-state index is 13.5. The van der Waals surface area contributed by atoms with Crippen LogP contribution in [0.4, 0.5) is 11.4 Å². The molecule has 0 saturated heterocycles. The molecule has 2 aromatic carbocycles. The van der Waals surface area contributed by atoms with Gasteiger partial charge in [-0.05, 0) is 43.9 Å². The number of benzene rings is 2. The lowest BCUT2D eigenvalue weighted by Gasteiger charge is -2.31. The van der Waals surface area contributed by atoms with Crippen molar-refractivity contribution in [3.63, 3.8) is 0 Å². The van der Waals surface area contributed by atoms with Crippen molar-refractivity contribution in [2.75, 3.05) is 12.3 Å². The van der Waals surface area contributed by atoms with E-state index in [2.05, 4.69) is 21.4 Å². The number of hydrazine groups is 1. The van der Waals surface area contributed by atoms with E-state index in [1.165, 1.54) is 44.2 Å². The number of para-hydroxylation sites is 1. The summed E-state index contributed by atoms with van der Waals surface area (Å²) >= 11 is 0. The molecule has 0 aliphatic rings. The van der Waals surface area contributed by atoms with Crippen LogP contribution in [0, 0.1) is 16.0 Å². The molecule has 4 amide bonds. The van der Waals surface area contributed by atoms with E-state index in [1.807, 2.05) is 13.8 Å². The van der Waals surface area contributed by atoms with Crippen LogP contribution in [-0.4, -0.2) is 69.3 Å². The predicted molar refractivity (Wildman–Crippen MR) is 156 cm³/mol. The van der Waals surface area contributed by atoms with Crippen molar-refractivity contribution in [1.29, 1.82) is 0 Å². The first kappa shape index (κ1) is 34.2. The Balaban J connectivity index is 2.05. The zero-order chi connectivity index (χ0) is 32.3. The van der Waals surface area contributed by atoms with E-state index in [-0.39, 0.29) is 35.8 Å². The first-order valence-corrected chi connectivity index (χ1v) is 13.5. The fourth-order valence-corrected chi connectivity index (χ4v) is 3.90. The Bertz CT molecular complexity index is 1330. The lowest BCUT2D eigenvalue weighted by molar-refractivity contribution is -0.384. The summed E-state index contributed by atoms with van der Waals surface area (Å²) in [6, 6.07) is 8.34. The van der Waals surface area contributed by atoms with E-state index in [1.54, 1.807) is 18.2 Å². The number of amides is 4. The second-order valence-corrected chi connectivity index (χ2v) is 10.2. The Labute approximate surface area is 248 Å². The minimum absolute atomic E-state index is 0.0298. The maximum absolute atomic E-state index is 13.5. The van der Waals surface area contributed by atoms with Crippen molar-refractivity contribution in [3.8, 4) is 0 Å². The van der Waals surface area contributed by atoms with Crippen LogP contribution in [-0.2, 0) is 25.7 Å². The quantitative estimate of drug-likeness (QED) is 0.0965. The number of nitro benzene ring substituents is 1. The van der Waals surface area contributed by atoms with E-state index in [0.717, 1.165) is 5.01 Å². The third kappa shape index (κ3) is 10.4. The van der Waals surface area contributed by atoms with E-state index < -0.39 is 59.2 Å². The van der Waals surface area contributed by atoms with Crippen LogP contribution in [0.5, 0.6) is 0 Å². The molecule has 2 rings (SSSR count). The van der Waals surface area contributed by atoms with E-state index in [4.69, 9.17) is 5.73 Å². The molecule has 0 radical (unpaired) electrons. The van der Waals surface area contributed by atoms with Gasteiger partial charge in [-0.15, -0.1) is 0 Å². The average molecular weight is 600 g/mol. The second kappa shape index (κ2) is 15.8. The van der Waals surface area contributed by atoms with Crippen molar-refractivity contribution < 1.29 is 34.0 Å². The van der Waals surface area contributed by atoms with E-state index in [0.29, 0.717) is 5.56 Å². The van der Waals surface area contributed by atoms with Crippen LogP contribution in [0.2, 0.25) is 0 Å². The number of hydrogen-bond donors (Lipinski definition) is 6. The topological polar surface area (TPSA) is 226 Å². The van der Waals surface area contributed by atoms with Crippen LogP contribution in [0.15, 0.2) is 48.5 Å². The summed E-state index contributed by atoms with van der Waals surface area (Å²) in [6.45, 7) is 5.80. The highest BCUT2D eigenvalue weighted by molar-refractivity contribution is 6.01. The van der Waals surface area contributed by atoms with Crippen LogP contribution >= 0.6 is 0 Å². The van der Waals surface area contributed by atoms with E-state index in [9.17, 15) is 39.2 Å². The Morgan fingerprint density at radius 3 is 2.16 bits per heavy atom. The zero-order valence-electron chi connectivity index (χ0n) is 24.3. The molecule has 0 spiro atoms. The molecule has 232 valence electrons. The standard InChI is InChI=1S/C28H37N7O8/c1-16(2)13-23(27(39)34(18(4)28(40)41)31-14-19-9-11-20(12-10-19)35(42)43)33-24(36)15-30-25(37)17(3)32-26(38)21-7-5-6-8-22(21)29/h5-12,16-18,23,31H,13-15,29H2,1-4H3,(H,30,37)(H,32,38)(H,33,36)(H,40,41)/t17-,18-,23-/m0/s1. The van der Waals surface area contributed by atoms with Crippen LogP contribution in [0.1, 0.15) is 50.0 Å². The molecule has 3 atom stereocenters. The largest absolute Gasteiger partial charge is 0.480 e. The summed E-state index contributed by atoms with van der Waals surface area (Å²) in [5.74, 6) is -4.05. The van der Waals surface area contributed by atoms with Gasteiger partial charge in [-0.2, -0.15) is 0 Å². The number of nitro groups is 1. The first-order valence-electron chi connectivity index (χ1n) is 13.5. The normalized spacial score (nSPS) is 12.9. The van der Waals surface area contributed by atoms with Crippen molar-refractivity contribution >= 4 is 41.0 Å². The molecule has 43 heavy (non-hydrogen) atoms. The molecule has 0 unspecified atom stereocenters. The number of nitrogens with zero attached hydrogens (tertiary/aromatic N) is 2. The van der Waals surface area contributed by atoms with Crippen LogP contribution < -0.4 is 27.1 Å². The highest BCUT2D eigenvalue weighted by Crippen LogP contribution is 2.14. The van der Waals surface area contributed by atoms with Gasteiger partial charge < -0.3 is 26.8 Å². The number of nitrogen functional groups attached to an aromatic ring is 1. The summed E-state index contributed by atoms with van der Waals surface area (Å²) < 4.78 is 0. The number of hydrogen-bond acceptors (Lipinski definition) is 9. The Morgan fingerprint density at radius 1 is 0.977 bits per heavy atom. The number of aliphatic carboxylic acids is 1. The summed E-state index contributed by atoms with van der Waals surface area (Å²) in [5, 5.41) is 28.9. The number of carbonyl (C=O) groups is 5. The minimum atomic E-state index is -1.33. The zero-order valence-corrected chi connectivity index (χ0v) is 24.3. The summed E-state index contributed by atoms with van der Waals surface area (Å²) in [4.78, 5) is 73.3. The number of carboxylic acid groups (broad SMARTS) is 1. The van der Waals surface area contributed by atoms with Gasteiger partial charge in [-0.1, -0.05) is 38.1 Å². The van der Waals surface area contributed by atoms with Gasteiger partial charge in [-0.25, -0.2) is 10.2 Å². The monoisotopic (exact) mass is 599 g/mol. The van der Waals surface area contributed by atoms with Gasteiger partial charge in [0.15, 0.2) is 0 Å². The molecule has 0 aliphatic heterocycles. The lowest BCUT2D eigenvalue weighted by Crippen LogP contribution is -2.59. The van der Waals surface area contributed by atoms with Crippen molar-refractivity contribution in [2.45, 2.75) is 58.8 Å². The minimum Gasteiger partial charge on any atom is -0.480 e. The number of nitrogens with one attached hydrogen (secondary N) is 4. The fourth-order valence-electron chi connectivity index (χ4n) is 3.90. The van der Waals surface area contributed by atoms with Crippen molar-refractivity contribution in [1.82, 2.24) is 26.4 Å². The molecule has 0 bridgehead atoms. The van der Waals surface area contributed by atoms with Gasteiger partial charge in [0, 0.05) is 24.4 Å². The number of non-ortho nitro benzene ring substituents is 1. The molecule has 15 heteroatoms. The molecule has 0 aliphatic carbocycles. The second-order valence-electron chi connectivity index (χ2n) is 10.2. The Kier molecular flexibility index (Phi) is 12.6. The fraction of sp³-hybridized carbons (Fsp3) is 0.393. The SMILES string of the molecule is CC(C)C[C@H](NC(=O)CNC(=O)[C@H](C)NC(=O)c1ccccc1N)C(=O)N(NCc1ccc([N+](=O)[O-])cc1)[C@@H](C)C(=O)O. The third-order valence-corrected chi connectivity index (χ3v) is 6.29.